The fourth-order valence-electron chi connectivity index (χ4n) is 2.92. The van der Waals surface area contributed by atoms with Gasteiger partial charge in [0.15, 0.2) is 5.82 Å². The van der Waals surface area contributed by atoms with E-state index in [1.807, 2.05) is 60.0 Å². The topological polar surface area (TPSA) is 46.3 Å². The molecule has 0 amide bonds. The van der Waals surface area contributed by atoms with Gasteiger partial charge >= 0.3 is 0 Å². The Morgan fingerprint density at radius 1 is 1.04 bits per heavy atom. The summed E-state index contributed by atoms with van der Waals surface area (Å²) in [6, 6.07) is 16.0. The van der Waals surface area contributed by atoms with Crippen molar-refractivity contribution >= 4 is 23.3 Å². The van der Waals surface area contributed by atoms with Crippen LogP contribution in [0.1, 0.15) is 17.0 Å². The van der Waals surface area contributed by atoms with Gasteiger partial charge in [-0.05, 0) is 18.2 Å². The van der Waals surface area contributed by atoms with E-state index in [1.165, 1.54) is 0 Å². The minimum absolute atomic E-state index is 0.470. The number of hydrogen-bond acceptors (Lipinski definition) is 4. The third-order valence-electron chi connectivity index (χ3n) is 3.99. The van der Waals surface area contributed by atoms with E-state index >= 15 is 0 Å². The van der Waals surface area contributed by atoms with Gasteiger partial charge in [0.05, 0.1) is 11.4 Å². The summed E-state index contributed by atoms with van der Waals surface area (Å²) < 4.78 is 2.05. The van der Waals surface area contributed by atoms with Crippen LogP contribution in [0.2, 0.25) is 5.02 Å². The normalized spacial score (nSPS) is 12.9. The number of nitrogens with zero attached hydrogens (tertiary/aromatic N) is 5. The van der Waals surface area contributed by atoms with Crippen molar-refractivity contribution in [1.29, 1.82) is 0 Å². The fraction of sp³-hybridized carbons (Fsp3) is 0.167. The second kappa shape index (κ2) is 5.76. The Labute approximate surface area is 145 Å². The molecule has 3 aromatic rings. The summed E-state index contributed by atoms with van der Waals surface area (Å²) in [6.07, 6.45) is 0. The lowest BCUT2D eigenvalue weighted by molar-refractivity contribution is 0.864. The number of aromatic nitrogens is 3. The Bertz CT molecular complexity index is 928. The molecule has 6 heteroatoms. The van der Waals surface area contributed by atoms with Crippen LogP contribution in [0.5, 0.6) is 0 Å². The average molecular weight is 338 g/mol. The molecule has 0 saturated heterocycles. The second-order valence-corrected chi connectivity index (χ2v) is 6.27. The van der Waals surface area contributed by atoms with Gasteiger partial charge in [-0.15, -0.1) is 10.2 Å². The number of anilines is 1. The van der Waals surface area contributed by atoms with Crippen LogP contribution in [-0.2, 0) is 6.54 Å². The second-order valence-electron chi connectivity index (χ2n) is 5.84. The molecule has 2 heterocycles. The molecular weight excluding hydrogens is 322 g/mol. The predicted octanol–water partition coefficient (Wildman–Crippen LogP) is 3.34. The van der Waals surface area contributed by atoms with E-state index in [-0.39, 0.29) is 0 Å². The molecule has 0 spiro atoms. The highest BCUT2D eigenvalue weighted by molar-refractivity contribution is 6.31. The molecule has 2 aromatic carbocycles. The molecule has 24 heavy (non-hydrogen) atoms. The van der Waals surface area contributed by atoms with E-state index < -0.39 is 0 Å². The summed E-state index contributed by atoms with van der Waals surface area (Å²) in [4.78, 5) is 6.75. The van der Waals surface area contributed by atoms with Crippen molar-refractivity contribution in [3.63, 3.8) is 0 Å². The zero-order valence-corrected chi connectivity index (χ0v) is 14.2. The average Bonchev–Trinajstić information content (AvgIpc) is 2.94. The molecule has 5 nitrogen and oxygen atoms in total. The third-order valence-corrected chi connectivity index (χ3v) is 4.23. The van der Waals surface area contributed by atoms with Gasteiger partial charge in [-0.2, -0.15) is 0 Å². The number of fused-ring (bicyclic) bond motifs is 3. The van der Waals surface area contributed by atoms with E-state index in [4.69, 9.17) is 16.6 Å². The number of halogens is 1. The highest BCUT2D eigenvalue weighted by Crippen LogP contribution is 2.30. The highest BCUT2D eigenvalue weighted by Gasteiger charge is 2.23. The number of rotatable bonds is 2. The van der Waals surface area contributed by atoms with Crippen molar-refractivity contribution in [2.75, 3.05) is 19.0 Å². The first-order chi connectivity index (χ1) is 11.6. The summed E-state index contributed by atoms with van der Waals surface area (Å²) in [5, 5.41) is 9.29. The van der Waals surface area contributed by atoms with Crippen molar-refractivity contribution in [1.82, 2.24) is 14.8 Å². The lowest BCUT2D eigenvalue weighted by Gasteiger charge is -2.17. The molecule has 0 N–H and O–H groups in total. The lowest BCUT2D eigenvalue weighted by atomic mass is 10.0. The molecule has 0 radical (unpaired) electrons. The van der Waals surface area contributed by atoms with Crippen LogP contribution in [0.25, 0.3) is 5.69 Å². The van der Waals surface area contributed by atoms with Crippen molar-refractivity contribution < 1.29 is 0 Å². The van der Waals surface area contributed by atoms with Crippen LogP contribution in [0.15, 0.2) is 53.5 Å². The van der Waals surface area contributed by atoms with Crippen molar-refractivity contribution in [3.8, 4) is 5.69 Å². The van der Waals surface area contributed by atoms with E-state index in [9.17, 15) is 0 Å². The molecule has 0 saturated carbocycles. The lowest BCUT2D eigenvalue weighted by Crippen LogP contribution is -2.16. The summed E-state index contributed by atoms with van der Waals surface area (Å²) in [5.74, 6) is 1.59. The van der Waals surface area contributed by atoms with Crippen molar-refractivity contribution in [3.05, 3.63) is 70.5 Å². The molecule has 1 aliphatic heterocycles. The third kappa shape index (κ3) is 2.37. The van der Waals surface area contributed by atoms with Crippen LogP contribution in [0.3, 0.4) is 0 Å². The molecule has 120 valence electrons. The quantitative estimate of drug-likeness (QED) is 0.720. The summed E-state index contributed by atoms with van der Waals surface area (Å²) >= 11 is 6.28. The predicted molar refractivity (Wildman–Crippen MR) is 96.5 cm³/mol. The minimum Gasteiger partial charge on any atom is -0.347 e. The molecule has 0 aliphatic carbocycles. The molecule has 1 aromatic heterocycles. The largest absolute Gasteiger partial charge is 0.347 e. The van der Waals surface area contributed by atoms with Crippen LogP contribution in [0, 0.1) is 0 Å². The van der Waals surface area contributed by atoms with Gasteiger partial charge in [0.1, 0.15) is 6.54 Å². The standard InChI is InChI=1S/C18H16ClN5/c1-23(2)18-22-21-16-11-20-17(12-6-4-3-5-7-12)14-10-13(19)8-9-15(14)24(16)18/h3-10H,11H2,1-2H3. The van der Waals surface area contributed by atoms with Crippen LogP contribution in [-0.4, -0.2) is 34.6 Å². The Balaban J connectivity index is 1.99. The highest BCUT2D eigenvalue weighted by atomic mass is 35.5. The van der Waals surface area contributed by atoms with E-state index in [0.717, 1.165) is 34.3 Å². The zero-order valence-electron chi connectivity index (χ0n) is 13.4. The Morgan fingerprint density at radius 2 is 1.83 bits per heavy atom. The Kier molecular flexibility index (Phi) is 3.58. The van der Waals surface area contributed by atoms with Gasteiger partial charge in [-0.3, -0.25) is 9.56 Å². The van der Waals surface area contributed by atoms with Crippen LogP contribution < -0.4 is 4.90 Å². The SMILES string of the molecule is CN(C)c1nnc2n1-c1ccc(Cl)cc1C(c1ccccc1)=NC2. The first-order valence-electron chi connectivity index (χ1n) is 7.67. The molecule has 0 atom stereocenters. The molecular formula is C18H16ClN5. The molecule has 0 fully saturated rings. The molecule has 0 bridgehead atoms. The first kappa shape index (κ1) is 14.9. The van der Waals surface area contributed by atoms with Crippen molar-refractivity contribution in [2.24, 2.45) is 4.99 Å². The fourth-order valence-corrected chi connectivity index (χ4v) is 3.09. The minimum atomic E-state index is 0.470. The van der Waals surface area contributed by atoms with Gasteiger partial charge in [-0.25, -0.2) is 0 Å². The van der Waals surface area contributed by atoms with Crippen LogP contribution >= 0.6 is 11.6 Å². The Morgan fingerprint density at radius 3 is 2.58 bits per heavy atom. The summed E-state index contributed by atoms with van der Waals surface area (Å²) in [7, 11) is 3.91. The van der Waals surface area contributed by atoms with E-state index in [2.05, 4.69) is 22.3 Å². The summed E-state index contributed by atoms with van der Waals surface area (Å²) in [6.45, 7) is 0.470. The van der Waals surface area contributed by atoms with Gasteiger partial charge in [0.25, 0.3) is 0 Å². The number of benzene rings is 2. The maximum atomic E-state index is 6.28. The van der Waals surface area contributed by atoms with Gasteiger partial charge in [0, 0.05) is 30.2 Å². The van der Waals surface area contributed by atoms with E-state index in [0.29, 0.717) is 11.6 Å². The molecule has 1 aliphatic rings. The summed E-state index contributed by atoms with van der Waals surface area (Å²) in [5.41, 5.74) is 3.95. The Hall–Kier alpha value is -2.66. The number of hydrogen-bond donors (Lipinski definition) is 0. The molecule has 0 unspecified atom stereocenters. The maximum absolute atomic E-state index is 6.28. The maximum Gasteiger partial charge on any atom is 0.231 e. The van der Waals surface area contributed by atoms with E-state index in [1.54, 1.807) is 0 Å². The molecule has 4 rings (SSSR count). The first-order valence-corrected chi connectivity index (χ1v) is 8.05. The van der Waals surface area contributed by atoms with Gasteiger partial charge in [0.2, 0.25) is 5.95 Å². The van der Waals surface area contributed by atoms with Crippen molar-refractivity contribution in [2.45, 2.75) is 6.54 Å². The van der Waals surface area contributed by atoms with Gasteiger partial charge in [-0.1, -0.05) is 41.9 Å². The number of aliphatic imine (C=N–C) groups is 1. The zero-order chi connectivity index (χ0) is 16.7. The van der Waals surface area contributed by atoms with Crippen LogP contribution in [0.4, 0.5) is 5.95 Å². The van der Waals surface area contributed by atoms with Gasteiger partial charge < -0.3 is 4.90 Å². The smallest absolute Gasteiger partial charge is 0.231 e. The monoisotopic (exact) mass is 337 g/mol.